The summed E-state index contributed by atoms with van der Waals surface area (Å²) in [6.07, 6.45) is 2.70. The maximum Gasteiger partial charge on any atom is 0.407 e. The molecule has 3 N–H and O–H groups in total. The Bertz CT molecular complexity index is 999. The maximum absolute atomic E-state index is 12.6. The summed E-state index contributed by atoms with van der Waals surface area (Å²) in [7, 11) is 0. The van der Waals surface area contributed by atoms with E-state index < -0.39 is 18.1 Å². The van der Waals surface area contributed by atoms with E-state index in [1.165, 1.54) is 0 Å². The van der Waals surface area contributed by atoms with Crippen molar-refractivity contribution in [2.75, 3.05) is 13.2 Å². The first-order valence-corrected chi connectivity index (χ1v) is 12.1. The maximum atomic E-state index is 12.6. The molecule has 1 saturated carbocycles. The van der Waals surface area contributed by atoms with E-state index in [0.29, 0.717) is 25.8 Å². The Balaban J connectivity index is 1.27. The summed E-state index contributed by atoms with van der Waals surface area (Å²) in [5, 5.41) is 14.7. The molecule has 4 rings (SSSR count). The monoisotopic (exact) mass is 464 g/mol. The predicted molar refractivity (Wildman–Crippen MR) is 128 cm³/mol. The molecule has 2 aromatic rings. The van der Waals surface area contributed by atoms with Gasteiger partial charge < -0.3 is 20.5 Å². The van der Waals surface area contributed by atoms with Crippen molar-refractivity contribution in [2.24, 2.45) is 11.8 Å². The molecule has 7 heteroatoms. The topological polar surface area (TPSA) is 105 Å². The van der Waals surface area contributed by atoms with Gasteiger partial charge in [-0.1, -0.05) is 55.5 Å². The molecule has 34 heavy (non-hydrogen) atoms. The number of hydrogen-bond donors (Lipinski definition) is 3. The van der Waals surface area contributed by atoms with Crippen molar-refractivity contribution in [3.05, 3.63) is 59.7 Å². The van der Waals surface area contributed by atoms with Crippen LogP contribution in [0.25, 0.3) is 11.1 Å². The highest BCUT2D eigenvalue weighted by molar-refractivity contribution is 5.85. The number of hydrogen-bond acceptors (Lipinski definition) is 4. The first-order valence-electron chi connectivity index (χ1n) is 12.1. The van der Waals surface area contributed by atoms with Crippen LogP contribution in [0.2, 0.25) is 0 Å². The minimum absolute atomic E-state index is 0.0343. The standard InChI is InChI=1S/C27H32N2O5/c1-2-24(25(30)28-15-17-11-13-18(14-12-17)26(31)32)29-27(33)34-16-23-21-9-5-3-7-19(21)20-8-4-6-10-22(20)23/h3-10,17-18,23-24H,2,11-16H2,1H3,(H,28,30)(H,29,33)(H,31,32)/t17?,18?,24-/m0/s1. The smallest absolute Gasteiger partial charge is 0.407 e. The third-order valence-electron chi connectivity index (χ3n) is 7.12. The fraction of sp³-hybridized carbons (Fsp3) is 0.444. The van der Waals surface area contributed by atoms with Crippen molar-refractivity contribution < 1.29 is 24.2 Å². The van der Waals surface area contributed by atoms with Gasteiger partial charge in [-0.15, -0.1) is 0 Å². The highest BCUT2D eigenvalue weighted by Crippen LogP contribution is 2.44. The van der Waals surface area contributed by atoms with Crippen molar-refractivity contribution in [1.82, 2.24) is 10.6 Å². The van der Waals surface area contributed by atoms with Crippen LogP contribution < -0.4 is 10.6 Å². The molecule has 2 amide bonds. The SMILES string of the molecule is CC[C@H](NC(=O)OCC1c2ccccc2-c2ccccc21)C(=O)NCC1CCC(C(=O)O)CC1. The van der Waals surface area contributed by atoms with Crippen molar-refractivity contribution in [2.45, 2.75) is 51.0 Å². The Hall–Kier alpha value is -3.35. The number of amides is 2. The van der Waals surface area contributed by atoms with Crippen LogP contribution >= 0.6 is 0 Å². The van der Waals surface area contributed by atoms with Crippen LogP contribution in [0, 0.1) is 11.8 Å². The van der Waals surface area contributed by atoms with Crippen LogP contribution in [0.5, 0.6) is 0 Å². The Morgan fingerprint density at radius 2 is 1.56 bits per heavy atom. The van der Waals surface area contributed by atoms with Gasteiger partial charge in [-0.25, -0.2) is 4.79 Å². The molecule has 0 aromatic heterocycles. The highest BCUT2D eigenvalue weighted by Gasteiger charge is 2.30. The Labute approximate surface area is 199 Å². The number of carbonyl (C=O) groups excluding carboxylic acids is 2. The zero-order valence-corrected chi connectivity index (χ0v) is 19.5. The lowest BCUT2D eigenvalue weighted by molar-refractivity contribution is -0.143. The van der Waals surface area contributed by atoms with Gasteiger partial charge in [0.05, 0.1) is 5.92 Å². The summed E-state index contributed by atoms with van der Waals surface area (Å²) >= 11 is 0. The average molecular weight is 465 g/mol. The third-order valence-corrected chi connectivity index (χ3v) is 7.12. The molecule has 0 heterocycles. The number of rotatable bonds is 8. The predicted octanol–water partition coefficient (Wildman–Crippen LogP) is 4.31. The fourth-order valence-electron chi connectivity index (χ4n) is 5.12. The highest BCUT2D eigenvalue weighted by atomic mass is 16.5. The minimum atomic E-state index is -0.735. The van der Waals surface area contributed by atoms with Crippen molar-refractivity contribution in [3.63, 3.8) is 0 Å². The van der Waals surface area contributed by atoms with Gasteiger partial charge in [-0.05, 0) is 60.3 Å². The first kappa shape index (κ1) is 23.8. The number of fused-ring (bicyclic) bond motifs is 3. The zero-order chi connectivity index (χ0) is 24.1. The molecule has 2 aromatic carbocycles. The summed E-state index contributed by atoms with van der Waals surface area (Å²) in [6.45, 7) is 2.53. The molecule has 0 bridgehead atoms. The number of ether oxygens (including phenoxy) is 1. The lowest BCUT2D eigenvalue weighted by Gasteiger charge is -2.27. The summed E-state index contributed by atoms with van der Waals surface area (Å²) in [6, 6.07) is 15.6. The normalized spacial score (nSPS) is 20.0. The first-order chi connectivity index (χ1) is 16.5. The minimum Gasteiger partial charge on any atom is -0.481 e. The molecule has 0 spiro atoms. The van der Waals surface area contributed by atoms with E-state index in [-0.39, 0.29) is 30.3 Å². The molecule has 2 aliphatic rings. The number of benzene rings is 2. The molecule has 7 nitrogen and oxygen atoms in total. The number of carboxylic acid groups (broad SMARTS) is 1. The Morgan fingerprint density at radius 3 is 2.12 bits per heavy atom. The zero-order valence-electron chi connectivity index (χ0n) is 19.5. The van der Waals surface area contributed by atoms with Gasteiger partial charge in [-0.3, -0.25) is 9.59 Å². The molecular formula is C27H32N2O5. The van der Waals surface area contributed by atoms with Gasteiger partial charge in [0.25, 0.3) is 0 Å². The Morgan fingerprint density at radius 1 is 0.971 bits per heavy atom. The van der Waals surface area contributed by atoms with E-state index in [1.54, 1.807) is 0 Å². The van der Waals surface area contributed by atoms with Crippen LogP contribution in [0.1, 0.15) is 56.1 Å². The summed E-state index contributed by atoms with van der Waals surface area (Å²) in [4.78, 5) is 36.3. The van der Waals surface area contributed by atoms with E-state index in [9.17, 15) is 14.4 Å². The van der Waals surface area contributed by atoms with E-state index in [2.05, 4.69) is 34.9 Å². The second-order valence-corrected chi connectivity index (χ2v) is 9.23. The van der Waals surface area contributed by atoms with Crippen molar-refractivity contribution >= 4 is 18.0 Å². The molecule has 180 valence electrons. The van der Waals surface area contributed by atoms with Crippen LogP contribution in [0.3, 0.4) is 0 Å². The van der Waals surface area contributed by atoms with Gasteiger partial charge in [0.15, 0.2) is 0 Å². The van der Waals surface area contributed by atoms with Gasteiger partial charge in [0.1, 0.15) is 12.6 Å². The molecule has 0 radical (unpaired) electrons. The summed E-state index contributed by atoms with van der Waals surface area (Å²) in [5.41, 5.74) is 4.60. The van der Waals surface area contributed by atoms with E-state index >= 15 is 0 Å². The van der Waals surface area contributed by atoms with Crippen LogP contribution in [-0.4, -0.2) is 42.3 Å². The quantitative estimate of drug-likeness (QED) is 0.540. The van der Waals surface area contributed by atoms with Gasteiger partial charge in [0, 0.05) is 12.5 Å². The number of aliphatic carboxylic acids is 1. The van der Waals surface area contributed by atoms with Crippen molar-refractivity contribution in [1.29, 1.82) is 0 Å². The lowest BCUT2D eigenvalue weighted by atomic mass is 9.82. The van der Waals surface area contributed by atoms with Gasteiger partial charge in [0.2, 0.25) is 5.91 Å². The molecular weight excluding hydrogens is 432 g/mol. The van der Waals surface area contributed by atoms with E-state index in [4.69, 9.17) is 9.84 Å². The number of alkyl carbamates (subject to hydrolysis) is 1. The number of carboxylic acids is 1. The van der Waals surface area contributed by atoms with E-state index in [0.717, 1.165) is 35.1 Å². The van der Waals surface area contributed by atoms with Gasteiger partial charge in [-0.2, -0.15) is 0 Å². The Kier molecular flexibility index (Phi) is 7.50. The summed E-state index contributed by atoms with van der Waals surface area (Å²) < 4.78 is 5.57. The number of nitrogens with one attached hydrogen (secondary N) is 2. The average Bonchev–Trinajstić information content (AvgIpc) is 3.18. The molecule has 0 unspecified atom stereocenters. The van der Waals surface area contributed by atoms with Gasteiger partial charge >= 0.3 is 12.1 Å². The van der Waals surface area contributed by atoms with Crippen molar-refractivity contribution in [3.8, 4) is 11.1 Å². The molecule has 0 aliphatic heterocycles. The van der Waals surface area contributed by atoms with E-state index in [1.807, 2.05) is 31.2 Å². The van der Waals surface area contributed by atoms with Crippen LogP contribution in [0.15, 0.2) is 48.5 Å². The lowest BCUT2D eigenvalue weighted by Crippen LogP contribution is -2.48. The second kappa shape index (κ2) is 10.7. The summed E-state index contributed by atoms with van der Waals surface area (Å²) in [5.74, 6) is -1.01. The molecule has 1 atom stereocenters. The molecule has 1 fully saturated rings. The molecule has 2 aliphatic carbocycles. The number of carbonyl (C=O) groups is 3. The largest absolute Gasteiger partial charge is 0.481 e. The fourth-order valence-corrected chi connectivity index (χ4v) is 5.12. The van der Waals surface area contributed by atoms with Crippen LogP contribution in [-0.2, 0) is 14.3 Å². The molecule has 0 saturated heterocycles. The van der Waals surface area contributed by atoms with Crippen LogP contribution in [0.4, 0.5) is 4.79 Å². The third kappa shape index (κ3) is 5.24. The second-order valence-electron chi connectivity index (χ2n) is 9.23.